The number of fused-ring (bicyclic) bond motifs is 9. The highest BCUT2D eigenvalue weighted by molar-refractivity contribution is 5.92. The Morgan fingerprint density at radius 2 is 0.431 bits per heavy atom. The Morgan fingerprint density at radius 1 is 0.211 bits per heavy atom. The van der Waals surface area contributed by atoms with Gasteiger partial charge in [0.2, 0.25) is 0 Å². The van der Waals surface area contributed by atoms with Gasteiger partial charge < -0.3 is 9.80 Å². The van der Waals surface area contributed by atoms with Crippen LogP contribution in [0.25, 0.3) is 72.8 Å². The maximum atomic E-state index is 4.31. The van der Waals surface area contributed by atoms with E-state index in [0.29, 0.717) is 0 Å². The predicted molar refractivity (Wildman–Crippen MR) is 538 cm³/mol. The third-order valence-electron chi connectivity index (χ3n) is 29.2. The van der Waals surface area contributed by atoms with E-state index in [4.69, 9.17) is 0 Å². The molecule has 0 atom stereocenters. The van der Waals surface area contributed by atoms with Gasteiger partial charge in [0.05, 0.1) is 0 Å². The van der Waals surface area contributed by atoms with Crippen molar-refractivity contribution in [3.8, 4) is 66.8 Å². The number of anilines is 6. The second-order valence-corrected chi connectivity index (χ2v) is 37.9. The lowest BCUT2D eigenvalue weighted by Gasteiger charge is -2.35. The molecule has 0 aliphatic heterocycles. The number of hydrogen-bond donors (Lipinski definition) is 0. The van der Waals surface area contributed by atoms with Crippen molar-refractivity contribution in [3.63, 3.8) is 0 Å². The summed E-state index contributed by atoms with van der Waals surface area (Å²) in [5.41, 5.74) is 36.3. The molecule has 0 aromatic heterocycles. The first-order chi connectivity index (χ1) is 60.5. The fourth-order valence-corrected chi connectivity index (χ4v) is 22.2. The van der Waals surface area contributed by atoms with E-state index in [1.807, 2.05) is 0 Å². The van der Waals surface area contributed by atoms with Crippen LogP contribution in [-0.2, 0) is 16.2 Å². The molecule has 0 fully saturated rings. The lowest BCUT2D eigenvalue weighted by atomic mass is 9.70. The molecular formula is C121H150N2. The van der Waals surface area contributed by atoms with Crippen LogP contribution in [0, 0.1) is 13.8 Å². The van der Waals surface area contributed by atoms with Crippen LogP contribution in [-0.4, -0.2) is 0 Å². The molecule has 0 spiro atoms. The molecule has 0 N–H and O–H groups in total. The topological polar surface area (TPSA) is 6.48 Å². The largest absolute Gasteiger partial charge is 0.310 e. The maximum absolute atomic E-state index is 4.31. The molecule has 0 unspecified atom stereocenters. The summed E-state index contributed by atoms with van der Waals surface area (Å²) in [5, 5.41) is 0. The first-order valence-electron chi connectivity index (χ1n) is 50.0. The Bertz CT molecular complexity index is 5080. The molecule has 2 heteroatoms. The van der Waals surface area contributed by atoms with Gasteiger partial charge in [-0.05, 0) is 249 Å². The molecule has 0 amide bonds. The van der Waals surface area contributed by atoms with Crippen molar-refractivity contribution >= 4 is 40.2 Å². The van der Waals surface area contributed by atoms with Crippen molar-refractivity contribution in [1.29, 1.82) is 0 Å². The highest BCUT2D eigenvalue weighted by Crippen LogP contribution is 2.61. The van der Waals surface area contributed by atoms with E-state index < -0.39 is 0 Å². The third-order valence-corrected chi connectivity index (χ3v) is 29.2. The standard InChI is InChI=1S/C121H150N2/c1-10-17-23-29-35-44-80-119(81-45-36-30-24-18-11-2)113-86-94(16-7)56-74-107(113)108-76-62-99(88-114(108)119)96-57-68-103(69-58-96)122(101-64-52-92(8)53-65-101)105-72-78-111-112-79-73-106(91-118(112)121(117(111)90-105,84-48-39-33-27-21-14-5)85-49-40-34-28-22-15-6)123(102-66-54-93(9)55-67-102)104-70-59-97(60-71-104)100-63-77-110-109-75-61-98(95-50-42-41-43-51-95)87-115(109)120(116(110)89-100,82-46-37-31-25-19-12-3)83-47-38-32-26-20-13-4/h16,41-43,50-79,86-91H,7,10-15,17-40,44-49,80-85H2,1-6,8-9H3. The minimum Gasteiger partial charge on any atom is -0.310 e. The summed E-state index contributed by atoms with van der Waals surface area (Å²) < 4.78 is 0. The molecule has 0 saturated heterocycles. The van der Waals surface area contributed by atoms with Crippen LogP contribution in [0.3, 0.4) is 0 Å². The first-order valence-corrected chi connectivity index (χ1v) is 50.0. The molecule has 3 aliphatic carbocycles. The van der Waals surface area contributed by atoms with Crippen LogP contribution in [0.2, 0.25) is 0 Å². The van der Waals surface area contributed by atoms with Crippen LogP contribution in [0.1, 0.15) is 361 Å². The highest BCUT2D eigenvalue weighted by Gasteiger charge is 2.46. The minimum absolute atomic E-state index is 0.0265. The summed E-state index contributed by atoms with van der Waals surface area (Å²) in [6.07, 6.45) is 55.7. The van der Waals surface area contributed by atoms with E-state index in [-0.39, 0.29) is 16.2 Å². The lowest BCUT2D eigenvalue weighted by Crippen LogP contribution is -2.26. The van der Waals surface area contributed by atoms with Crippen molar-refractivity contribution in [2.45, 2.75) is 341 Å². The Hall–Kier alpha value is -9.24. The molecule has 14 rings (SSSR count). The second-order valence-electron chi connectivity index (χ2n) is 37.9. The van der Waals surface area contributed by atoms with Crippen LogP contribution in [0.4, 0.5) is 34.1 Å². The normalized spacial score (nSPS) is 13.5. The Balaban J connectivity index is 0.839. The zero-order valence-electron chi connectivity index (χ0n) is 77.4. The van der Waals surface area contributed by atoms with Gasteiger partial charge in [0.15, 0.2) is 0 Å². The monoisotopic (exact) mass is 1630 g/mol. The number of unbranched alkanes of at least 4 members (excludes halogenated alkanes) is 30. The van der Waals surface area contributed by atoms with Gasteiger partial charge in [-0.3, -0.25) is 0 Å². The van der Waals surface area contributed by atoms with Gasteiger partial charge in [0.1, 0.15) is 0 Å². The smallest absolute Gasteiger partial charge is 0.0465 e. The van der Waals surface area contributed by atoms with Gasteiger partial charge in [-0.2, -0.15) is 0 Å². The summed E-state index contributed by atoms with van der Waals surface area (Å²) >= 11 is 0. The van der Waals surface area contributed by atoms with Gasteiger partial charge in [0.25, 0.3) is 0 Å². The molecule has 123 heavy (non-hydrogen) atoms. The average molecular weight is 1630 g/mol. The number of nitrogens with zero attached hydrogens (tertiary/aromatic N) is 2. The summed E-state index contributed by atoms with van der Waals surface area (Å²) in [4.78, 5) is 5.16. The van der Waals surface area contributed by atoms with Crippen molar-refractivity contribution in [1.82, 2.24) is 0 Å². The van der Waals surface area contributed by atoms with Crippen LogP contribution in [0.15, 0.2) is 243 Å². The molecule has 2 nitrogen and oxygen atoms in total. The SMILES string of the molecule is C=Cc1ccc2c(c1)C(CCCCCCCC)(CCCCCCCC)c1cc(-c3ccc(N(c4ccc(C)cc4)c4ccc5c(c4)C(CCCCCCCC)(CCCCCCCC)c4cc(N(c6ccc(C)cc6)c6ccc(-c7ccc8c(c7)C(CCCCCCCC)(CCCCCCCC)c7cc(-c9ccccc9)ccc7-8)cc6)ccc4-5)cc3)ccc1-2. The zero-order chi connectivity index (χ0) is 85.2. The number of aryl methyl sites for hydroxylation is 2. The first kappa shape index (κ1) is 90.0. The predicted octanol–water partition coefficient (Wildman–Crippen LogP) is 38.2. The van der Waals surface area contributed by atoms with E-state index in [2.05, 4.69) is 314 Å². The summed E-state index contributed by atoms with van der Waals surface area (Å²) in [7, 11) is 0. The van der Waals surface area contributed by atoms with Gasteiger partial charge >= 0.3 is 0 Å². The van der Waals surface area contributed by atoms with Gasteiger partial charge in [-0.1, -0.05) is 442 Å². The van der Waals surface area contributed by atoms with Crippen molar-refractivity contribution in [2.75, 3.05) is 9.80 Å². The molecule has 644 valence electrons. The summed E-state index contributed by atoms with van der Waals surface area (Å²) in [6, 6.07) is 94.7. The molecule has 0 saturated carbocycles. The van der Waals surface area contributed by atoms with Crippen molar-refractivity contribution in [2.24, 2.45) is 0 Å². The van der Waals surface area contributed by atoms with Crippen LogP contribution >= 0.6 is 0 Å². The van der Waals surface area contributed by atoms with Crippen molar-refractivity contribution < 1.29 is 0 Å². The Morgan fingerprint density at radius 3 is 0.715 bits per heavy atom. The maximum Gasteiger partial charge on any atom is 0.0465 e. The fourth-order valence-electron chi connectivity index (χ4n) is 22.2. The van der Waals surface area contributed by atoms with Crippen molar-refractivity contribution in [3.05, 3.63) is 293 Å². The Labute approximate surface area is 746 Å². The van der Waals surface area contributed by atoms with Gasteiger partial charge in [0, 0.05) is 50.4 Å². The number of rotatable bonds is 52. The van der Waals surface area contributed by atoms with Crippen LogP contribution in [0.5, 0.6) is 0 Å². The molecular weight excluding hydrogens is 1480 g/mol. The van der Waals surface area contributed by atoms with E-state index >= 15 is 0 Å². The van der Waals surface area contributed by atoms with Crippen LogP contribution < -0.4 is 9.80 Å². The number of hydrogen-bond acceptors (Lipinski definition) is 2. The zero-order valence-corrected chi connectivity index (χ0v) is 77.4. The quantitative estimate of drug-likeness (QED) is 0.0351. The minimum atomic E-state index is -0.201. The second kappa shape index (κ2) is 44.6. The average Bonchev–Trinajstić information content (AvgIpc) is 1.57. The molecule has 0 bridgehead atoms. The van der Waals surface area contributed by atoms with Gasteiger partial charge in [-0.25, -0.2) is 0 Å². The third kappa shape index (κ3) is 21.0. The van der Waals surface area contributed by atoms with Gasteiger partial charge in [-0.15, -0.1) is 0 Å². The molecule has 0 radical (unpaired) electrons. The van der Waals surface area contributed by atoms with E-state index in [1.54, 1.807) is 22.3 Å². The van der Waals surface area contributed by atoms with E-state index in [1.165, 1.54) is 386 Å². The fraction of sp³-hybridized carbons (Fsp3) is 0.438. The Kier molecular flexibility index (Phi) is 32.6. The highest BCUT2D eigenvalue weighted by atomic mass is 15.1. The molecule has 11 aromatic carbocycles. The lowest BCUT2D eigenvalue weighted by molar-refractivity contribution is 0.398. The molecule has 0 heterocycles. The van der Waals surface area contributed by atoms with E-state index in [9.17, 15) is 0 Å². The number of benzene rings is 11. The molecule has 11 aromatic rings. The van der Waals surface area contributed by atoms with E-state index in [0.717, 1.165) is 12.8 Å². The molecule has 3 aliphatic rings. The summed E-state index contributed by atoms with van der Waals surface area (Å²) in [6.45, 7) is 22.9. The summed E-state index contributed by atoms with van der Waals surface area (Å²) in [5.74, 6) is 0.